The smallest absolute Gasteiger partial charge is 0.327 e. The first-order valence-electron chi connectivity index (χ1n) is 5.59. The van der Waals surface area contributed by atoms with Crippen LogP contribution in [0.15, 0.2) is 12.1 Å². The second-order valence-corrected chi connectivity index (χ2v) is 5.57. The zero-order chi connectivity index (χ0) is 12.5. The van der Waals surface area contributed by atoms with Gasteiger partial charge in [0.25, 0.3) is 0 Å². The van der Waals surface area contributed by atoms with Crippen LogP contribution in [0.25, 0.3) is 0 Å². The van der Waals surface area contributed by atoms with Crippen molar-refractivity contribution in [1.29, 1.82) is 0 Å². The third-order valence-electron chi connectivity index (χ3n) is 2.86. The monoisotopic (exact) mass is 264 g/mol. The molecule has 1 aliphatic heterocycles. The first kappa shape index (κ1) is 12.9. The van der Waals surface area contributed by atoms with Crippen molar-refractivity contribution in [1.82, 2.24) is 4.90 Å². The molecular formula is C11H15F3N2S. The summed E-state index contributed by atoms with van der Waals surface area (Å²) in [6.45, 7) is 2.28. The molecule has 0 spiro atoms. The minimum absolute atomic E-state index is 0.158. The van der Waals surface area contributed by atoms with E-state index in [1.54, 1.807) is 6.07 Å². The first-order valence-corrected chi connectivity index (χ1v) is 6.40. The molecular weight excluding hydrogens is 249 g/mol. The maximum absolute atomic E-state index is 12.4. The Labute approximate surface area is 102 Å². The van der Waals surface area contributed by atoms with E-state index in [0.717, 1.165) is 48.2 Å². The van der Waals surface area contributed by atoms with E-state index in [0.29, 0.717) is 6.54 Å². The Bertz CT molecular complexity index is 375. The molecule has 2 N–H and O–H groups in total. The molecule has 1 saturated heterocycles. The number of rotatable bonds is 2. The molecule has 96 valence electrons. The zero-order valence-electron chi connectivity index (χ0n) is 9.33. The Morgan fingerprint density at radius 3 is 2.76 bits per heavy atom. The summed E-state index contributed by atoms with van der Waals surface area (Å²) in [6.07, 6.45) is -2.19. The van der Waals surface area contributed by atoms with Crippen LogP contribution >= 0.6 is 11.3 Å². The molecule has 1 aromatic rings. The van der Waals surface area contributed by atoms with E-state index >= 15 is 0 Å². The molecule has 1 atom stereocenters. The fraction of sp³-hybridized carbons (Fsp3) is 0.636. The van der Waals surface area contributed by atoms with Crippen molar-refractivity contribution in [3.8, 4) is 0 Å². The second-order valence-electron chi connectivity index (χ2n) is 4.40. The Balaban J connectivity index is 1.97. The molecule has 2 nitrogen and oxygen atoms in total. The maximum Gasteiger partial charge on any atom is 0.425 e. The van der Waals surface area contributed by atoms with Gasteiger partial charge in [0.05, 0.1) is 0 Å². The number of hydrogen-bond donors (Lipinski definition) is 1. The minimum Gasteiger partial charge on any atom is -0.327 e. The highest BCUT2D eigenvalue weighted by atomic mass is 32.1. The minimum atomic E-state index is -4.22. The molecule has 2 rings (SSSR count). The number of likely N-dealkylation sites (tertiary alicyclic amines) is 1. The highest BCUT2D eigenvalue weighted by Gasteiger charge is 2.32. The summed E-state index contributed by atoms with van der Waals surface area (Å²) in [5, 5.41) is 0. The van der Waals surface area contributed by atoms with E-state index in [9.17, 15) is 13.2 Å². The van der Waals surface area contributed by atoms with Crippen LogP contribution in [0.4, 0.5) is 13.2 Å². The molecule has 0 saturated carbocycles. The maximum atomic E-state index is 12.4. The van der Waals surface area contributed by atoms with Crippen LogP contribution in [0.3, 0.4) is 0 Å². The molecule has 0 unspecified atom stereocenters. The van der Waals surface area contributed by atoms with E-state index in [2.05, 4.69) is 4.90 Å². The standard InChI is InChI=1S/C11H15F3N2S/c12-11(13,14)10-4-3-9(17-10)7-16-5-1-2-8(15)6-16/h3-4,8H,1-2,5-7,15H2/t8-/m1/s1. The van der Waals surface area contributed by atoms with E-state index in [1.165, 1.54) is 0 Å². The number of alkyl halides is 3. The Morgan fingerprint density at radius 2 is 2.18 bits per heavy atom. The van der Waals surface area contributed by atoms with Gasteiger partial charge in [-0.2, -0.15) is 13.2 Å². The average Bonchev–Trinajstić information content (AvgIpc) is 2.65. The van der Waals surface area contributed by atoms with E-state index in [-0.39, 0.29) is 6.04 Å². The van der Waals surface area contributed by atoms with Crippen LogP contribution in [0.2, 0.25) is 0 Å². The quantitative estimate of drug-likeness (QED) is 0.890. The third-order valence-corrected chi connectivity index (χ3v) is 3.98. The van der Waals surface area contributed by atoms with E-state index < -0.39 is 11.1 Å². The van der Waals surface area contributed by atoms with Gasteiger partial charge in [0.2, 0.25) is 0 Å². The molecule has 2 heterocycles. The summed E-state index contributed by atoms with van der Waals surface area (Å²) in [5.41, 5.74) is 5.83. The van der Waals surface area contributed by atoms with E-state index in [4.69, 9.17) is 5.73 Å². The summed E-state index contributed by atoms with van der Waals surface area (Å²) in [4.78, 5) is 2.36. The van der Waals surface area contributed by atoms with Gasteiger partial charge in [-0.25, -0.2) is 0 Å². The number of nitrogens with zero attached hydrogens (tertiary/aromatic N) is 1. The lowest BCUT2D eigenvalue weighted by molar-refractivity contribution is -0.134. The van der Waals surface area contributed by atoms with Crippen molar-refractivity contribution in [2.24, 2.45) is 5.73 Å². The van der Waals surface area contributed by atoms with E-state index in [1.807, 2.05) is 0 Å². The van der Waals surface area contributed by atoms with Crippen molar-refractivity contribution in [3.63, 3.8) is 0 Å². The van der Waals surface area contributed by atoms with Gasteiger partial charge >= 0.3 is 6.18 Å². The van der Waals surface area contributed by atoms with Crippen molar-refractivity contribution in [3.05, 3.63) is 21.9 Å². The normalized spacial score (nSPS) is 22.9. The molecule has 0 bridgehead atoms. The predicted molar refractivity (Wildman–Crippen MR) is 61.8 cm³/mol. The Morgan fingerprint density at radius 1 is 1.41 bits per heavy atom. The molecule has 0 amide bonds. The molecule has 0 aromatic carbocycles. The molecule has 0 radical (unpaired) electrons. The third kappa shape index (κ3) is 3.43. The van der Waals surface area contributed by atoms with Gasteiger partial charge in [0, 0.05) is 24.0 Å². The predicted octanol–water partition coefficient (Wildman–Crippen LogP) is 2.69. The summed E-state index contributed by atoms with van der Waals surface area (Å²) < 4.78 is 37.3. The summed E-state index contributed by atoms with van der Waals surface area (Å²) in [5.74, 6) is 0. The van der Waals surface area contributed by atoms with Crippen molar-refractivity contribution in [2.75, 3.05) is 13.1 Å². The lowest BCUT2D eigenvalue weighted by atomic mass is 10.1. The lowest BCUT2D eigenvalue weighted by Crippen LogP contribution is -2.42. The highest BCUT2D eigenvalue weighted by molar-refractivity contribution is 7.12. The summed E-state index contributed by atoms with van der Waals surface area (Å²) >= 11 is 0.827. The van der Waals surface area contributed by atoms with Gasteiger partial charge in [-0.05, 0) is 31.5 Å². The van der Waals surface area contributed by atoms with Crippen LogP contribution in [0.5, 0.6) is 0 Å². The van der Waals surface area contributed by atoms with Crippen molar-refractivity contribution >= 4 is 11.3 Å². The topological polar surface area (TPSA) is 29.3 Å². The Hall–Kier alpha value is -0.590. The first-order chi connectivity index (χ1) is 7.95. The summed E-state index contributed by atoms with van der Waals surface area (Å²) in [7, 11) is 0. The van der Waals surface area contributed by atoms with Gasteiger partial charge in [-0.15, -0.1) is 11.3 Å². The van der Waals surface area contributed by atoms with Crippen LogP contribution < -0.4 is 5.73 Å². The summed E-state index contributed by atoms with van der Waals surface area (Å²) in [6, 6.07) is 2.88. The van der Waals surface area contributed by atoms with Crippen molar-refractivity contribution in [2.45, 2.75) is 31.6 Å². The fourth-order valence-electron chi connectivity index (χ4n) is 2.07. The number of thiophene rings is 1. The van der Waals surface area contributed by atoms with Crippen LogP contribution in [0, 0.1) is 0 Å². The van der Waals surface area contributed by atoms with Gasteiger partial charge in [0.1, 0.15) is 4.88 Å². The molecule has 1 aromatic heterocycles. The van der Waals surface area contributed by atoms with Crippen LogP contribution in [-0.2, 0) is 12.7 Å². The molecule has 17 heavy (non-hydrogen) atoms. The number of piperidine rings is 1. The van der Waals surface area contributed by atoms with Crippen LogP contribution in [0.1, 0.15) is 22.6 Å². The van der Waals surface area contributed by atoms with Gasteiger partial charge in [-0.3, -0.25) is 4.90 Å². The largest absolute Gasteiger partial charge is 0.425 e. The van der Waals surface area contributed by atoms with Crippen molar-refractivity contribution < 1.29 is 13.2 Å². The Kier molecular flexibility index (Phi) is 3.75. The number of hydrogen-bond acceptors (Lipinski definition) is 3. The fourth-order valence-corrected chi connectivity index (χ4v) is 2.99. The lowest BCUT2D eigenvalue weighted by Gasteiger charge is -2.30. The van der Waals surface area contributed by atoms with Gasteiger partial charge in [-0.1, -0.05) is 0 Å². The highest BCUT2D eigenvalue weighted by Crippen LogP contribution is 2.35. The number of halogens is 3. The molecule has 1 fully saturated rings. The average molecular weight is 264 g/mol. The molecule has 1 aliphatic rings. The van der Waals surface area contributed by atoms with Gasteiger partial charge in [0.15, 0.2) is 0 Å². The second kappa shape index (κ2) is 4.96. The number of nitrogens with two attached hydrogens (primary N) is 1. The molecule has 0 aliphatic carbocycles. The molecule has 6 heteroatoms. The van der Waals surface area contributed by atoms with Crippen LogP contribution in [-0.4, -0.2) is 24.0 Å². The SMILES string of the molecule is N[C@@H]1CCCN(Cc2ccc(C(F)(F)F)s2)C1. The van der Waals surface area contributed by atoms with Gasteiger partial charge < -0.3 is 5.73 Å². The zero-order valence-corrected chi connectivity index (χ0v) is 10.2.